The van der Waals surface area contributed by atoms with Gasteiger partial charge in [-0.3, -0.25) is 24.5 Å². The molecule has 4 unspecified atom stereocenters. The lowest BCUT2D eigenvalue weighted by atomic mass is 10.0. The number of fused-ring (bicyclic) bond motifs is 2. The van der Waals surface area contributed by atoms with Crippen LogP contribution in [0.5, 0.6) is 0 Å². The molecule has 164 valence electrons. The SMILES string of the molecule is O=C1CCC(N2Cc3cc(-c4cn(C5CCC6(C(=O)O)CC56)nn4)ccc3C2=O)C(=O)N1. The summed E-state index contributed by atoms with van der Waals surface area (Å²) >= 11 is 0. The summed E-state index contributed by atoms with van der Waals surface area (Å²) in [6.45, 7) is 0.300. The number of carboxylic acids is 1. The first kappa shape index (κ1) is 19.1. The molecule has 10 heteroatoms. The van der Waals surface area contributed by atoms with E-state index in [0.29, 0.717) is 37.1 Å². The number of hydrogen-bond donors (Lipinski definition) is 2. The van der Waals surface area contributed by atoms with Crippen LogP contribution in [0.3, 0.4) is 0 Å². The number of aliphatic carboxylic acids is 1. The largest absolute Gasteiger partial charge is 0.481 e. The van der Waals surface area contributed by atoms with E-state index in [1.807, 2.05) is 18.3 Å². The standard InChI is InChI=1S/C22H21N5O5/c28-18-4-3-17(19(29)23-18)26-9-12-7-11(1-2-13(12)20(26)30)15-10-27(25-24-15)16-5-6-22(21(31)32)8-14(16)22/h1-2,7,10,14,16-17H,3-6,8-9H2,(H,31,32)(H,23,28,29). The van der Waals surface area contributed by atoms with Gasteiger partial charge in [-0.1, -0.05) is 11.3 Å². The Morgan fingerprint density at radius 1 is 1.22 bits per heavy atom. The van der Waals surface area contributed by atoms with Gasteiger partial charge in [0, 0.05) is 24.1 Å². The smallest absolute Gasteiger partial charge is 0.310 e. The van der Waals surface area contributed by atoms with Crippen molar-refractivity contribution < 1.29 is 24.3 Å². The van der Waals surface area contributed by atoms with E-state index in [1.54, 1.807) is 10.7 Å². The highest BCUT2D eigenvalue weighted by Crippen LogP contribution is 2.67. The second kappa shape index (κ2) is 6.47. The fourth-order valence-electron chi connectivity index (χ4n) is 5.71. The number of nitrogens with one attached hydrogen (secondary N) is 1. The monoisotopic (exact) mass is 435 g/mol. The Morgan fingerprint density at radius 3 is 2.78 bits per heavy atom. The first-order chi connectivity index (χ1) is 15.4. The third-order valence-electron chi connectivity index (χ3n) is 7.58. The molecule has 3 fully saturated rings. The average molecular weight is 435 g/mol. The molecule has 4 aliphatic rings. The summed E-state index contributed by atoms with van der Waals surface area (Å²) in [5.41, 5.74) is 2.24. The van der Waals surface area contributed by atoms with E-state index >= 15 is 0 Å². The van der Waals surface area contributed by atoms with E-state index < -0.39 is 23.3 Å². The predicted molar refractivity (Wildman–Crippen MR) is 108 cm³/mol. The number of benzene rings is 1. The minimum absolute atomic E-state index is 0.0476. The molecule has 10 nitrogen and oxygen atoms in total. The Labute approximate surface area is 182 Å². The molecule has 3 amide bonds. The lowest BCUT2D eigenvalue weighted by Gasteiger charge is -2.29. The van der Waals surface area contributed by atoms with Crippen molar-refractivity contribution in [3.05, 3.63) is 35.5 Å². The molecule has 3 heterocycles. The van der Waals surface area contributed by atoms with Gasteiger partial charge >= 0.3 is 5.97 Å². The van der Waals surface area contributed by atoms with Gasteiger partial charge in [0.05, 0.1) is 17.7 Å². The molecular weight excluding hydrogens is 414 g/mol. The zero-order chi connectivity index (χ0) is 22.2. The van der Waals surface area contributed by atoms with Crippen LogP contribution in [0, 0.1) is 11.3 Å². The fraction of sp³-hybridized carbons (Fsp3) is 0.455. The van der Waals surface area contributed by atoms with Crippen LogP contribution in [0.25, 0.3) is 11.3 Å². The van der Waals surface area contributed by atoms with Crippen LogP contribution in [0.1, 0.15) is 54.1 Å². The molecule has 2 N–H and O–H groups in total. The summed E-state index contributed by atoms with van der Waals surface area (Å²) in [6, 6.07) is 4.84. The van der Waals surface area contributed by atoms with Crippen LogP contribution >= 0.6 is 0 Å². The molecule has 0 spiro atoms. The molecule has 4 atom stereocenters. The lowest BCUT2D eigenvalue weighted by molar-refractivity contribution is -0.143. The number of aromatic nitrogens is 3. The number of nitrogens with zero attached hydrogens (tertiary/aromatic N) is 4. The van der Waals surface area contributed by atoms with Crippen LogP contribution in [0.2, 0.25) is 0 Å². The van der Waals surface area contributed by atoms with E-state index in [9.17, 15) is 24.3 Å². The van der Waals surface area contributed by atoms with Crippen molar-refractivity contribution in [2.24, 2.45) is 11.3 Å². The molecular formula is C22H21N5O5. The molecule has 1 aromatic carbocycles. The van der Waals surface area contributed by atoms with Gasteiger partial charge < -0.3 is 10.0 Å². The normalized spacial score (nSPS) is 30.8. The second-order valence-corrected chi connectivity index (χ2v) is 9.23. The number of carbonyl (C=O) groups excluding carboxylic acids is 3. The van der Waals surface area contributed by atoms with E-state index in [0.717, 1.165) is 17.5 Å². The van der Waals surface area contributed by atoms with Crippen molar-refractivity contribution >= 4 is 23.7 Å². The Balaban J connectivity index is 1.22. The first-order valence-corrected chi connectivity index (χ1v) is 10.8. The molecule has 1 saturated heterocycles. The van der Waals surface area contributed by atoms with Crippen LogP contribution in [0.4, 0.5) is 0 Å². The van der Waals surface area contributed by atoms with Gasteiger partial charge in [-0.2, -0.15) is 0 Å². The van der Waals surface area contributed by atoms with Crippen molar-refractivity contribution in [1.29, 1.82) is 0 Å². The first-order valence-electron chi connectivity index (χ1n) is 10.8. The van der Waals surface area contributed by atoms with Crippen LogP contribution in [-0.2, 0) is 20.9 Å². The second-order valence-electron chi connectivity index (χ2n) is 9.23. The van der Waals surface area contributed by atoms with Crippen molar-refractivity contribution in [2.45, 2.75) is 50.7 Å². The number of rotatable bonds is 4. The van der Waals surface area contributed by atoms with Crippen molar-refractivity contribution in [2.75, 3.05) is 0 Å². The minimum Gasteiger partial charge on any atom is -0.481 e. The topological polar surface area (TPSA) is 134 Å². The Morgan fingerprint density at radius 2 is 2.06 bits per heavy atom. The predicted octanol–water partition coefficient (Wildman–Crippen LogP) is 1.13. The zero-order valence-electron chi connectivity index (χ0n) is 17.2. The average Bonchev–Trinajstić information content (AvgIpc) is 3.07. The fourth-order valence-corrected chi connectivity index (χ4v) is 5.71. The van der Waals surface area contributed by atoms with Crippen molar-refractivity contribution in [3.63, 3.8) is 0 Å². The highest BCUT2D eigenvalue weighted by atomic mass is 16.4. The summed E-state index contributed by atoms with van der Waals surface area (Å²) < 4.78 is 1.78. The third-order valence-corrected chi connectivity index (χ3v) is 7.58. The lowest BCUT2D eigenvalue weighted by Crippen LogP contribution is -2.52. The van der Waals surface area contributed by atoms with Crippen LogP contribution < -0.4 is 5.32 Å². The quantitative estimate of drug-likeness (QED) is 0.688. The number of carbonyl (C=O) groups is 4. The summed E-state index contributed by atoms with van der Waals surface area (Å²) in [5, 5.41) is 20.4. The van der Waals surface area contributed by atoms with Gasteiger partial charge in [0.25, 0.3) is 5.91 Å². The van der Waals surface area contributed by atoms with Gasteiger partial charge in [0.1, 0.15) is 11.7 Å². The Kier molecular flexibility index (Phi) is 3.87. The van der Waals surface area contributed by atoms with Gasteiger partial charge in [-0.15, -0.1) is 5.10 Å². The number of hydrogen-bond acceptors (Lipinski definition) is 6. The van der Waals surface area contributed by atoms with Crippen LogP contribution in [-0.4, -0.2) is 54.7 Å². The van der Waals surface area contributed by atoms with Gasteiger partial charge in [0.2, 0.25) is 11.8 Å². The summed E-state index contributed by atoms with van der Waals surface area (Å²) in [4.78, 5) is 49.6. The summed E-state index contributed by atoms with van der Waals surface area (Å²) in [6.07, 6.45) is 4.53. The van der Waals surface area contributed by atoms with E-state index in [-0.39, 0.29) is 30.2 Å². The highest BCUT2D eigenvalue weighted by molar-refractivity contribution is 6.05. The molecule has 2 saturated carbocycles. The number of imide groups is 1. The maximum absolute atomic E-state index is 12.9. The molecule has 2 aliphatic carbocycles. The molecule has 0 radical (unpaired) electrons. The molecule has 6 rings (SSSR count). The number of amides is 3. The van der Waals surface area contributed by atoms with Gasteiger partial charge in [0.15, 0.2) is 0 Å². The molecule has 1 aromatic heterocycles. The summed E-state index contributed by atoms with van der Waals surface area (Å²) in [7, 11) is 0. The Hall–Kier alpha value is -3.56. The molecule has 2 aromatic rings. The van der Waals surface area contributed by atoms with Crippen LogP contribution in [0.15, 0.2) is 24.4 Å². The number of carboxylic acid groups (broad SMARTS) is 1. The Bertz CT molecular complexity index is 1210. The zero-order valence-corrected chi connectivity index (χ0v) is 17.2. The highest BCUT2D eigenvalue weighted by Gasteiger charge is 2.67. The molecule has 2 aliphatic heterocycles. The van der Waals surface area contributed by atoms with E-state index in [1.165, 1.54) is 4.90 Å². The minimum atomic E-state index is -0.714. The maximum atomic E-state index is 12.9. The van der Waals surface area contributed by atoms with Gasteiger partial charge in [-0.25, -0.2) is 4.68 Å². The van der Waals surface area contributed by atoms with Crippen molar-refractivity contribution in [1.82, 2.24) is 25.2 Å². The maximum Gasteiger partial charge on any atom is 0.310 e. The summed E-state index contributed by atoms with van der Waals surface area (Å²) in [5.74, 6) is -1.56. The van der Waals surface area contributed by atoms with Gasteiger partial charge in [-0.05, 0) is 49.3 Å². The van der Waals surface area contributed by atoms with E-state index in [4.69, 9.17) is 0 Å². The number of piperidine rings is 1. The van der Waals surface area contributed by atoms with E-state index in [2.05, 4.69) is 15.6 Å². The van der Waals surface area contributed by atoms with Crippen molar-refractivity contribution in [3.8, 4) is 11.3 Å². The third kappa shape index (κ3) is 2.64. The molecule has 0 bridgehead atoms. The molecule has 32 heavy (non-hydrogen) atoms.